The van der Waals surface area contributed by atoms with Crippen LogP contribution in [0.4, 0.5) is 32.4 Å². The molecule has 0 aliphatic rings. The summed E-state index contributed by atoms with van der Waals surface area (Å²) >= 11 is 0. The minimum absolute atomic E-state index is 0.176. The molecule has 2 N–H and O–H groups in total. The maximum Gasteiger partial charge on any atom is 0.328 e. The van der Waals surface area contributed by atoms with Crippen molar-refractivity contribution in [2.24, 2.45) is 0 Å². The van der Waals surface area contributed by atoms with Crippen LogP contribution in [0.15, 0.2) is 54.6 Å². The molecule has 0 aromatic heterocycles. The van der Waals surface area contributed by atoms with Crippen molar-refractivity contribution in [3.8, 4) is 11.5 Å². The van der Waals surface area contributed by atoms with Gasteiger partial charge < -0.3 is 20.1 Å². The van der Waals surface area contributed by atoms with Crippen molar-refractivity contribution >= 4 is 17.7 Å². The van der Waals surface area contributed by atoms with Crippen LogP contribution in [0.5, 0.6) is 11.5 Å². The second-order valence-electron chi connectivity index (χ2n) is 6.89. The molecule has 0 radical (unpaired) electrons. The van der Waals surface area contributed by atoms with E-state index in [1.165, 1.54) is 19.2 Å². The zero-order valence-electron chi connectivity index (χ0n) is 17.5. The third kappa shape index (κ3) is 5.61. The van der Waals surface area contributed by atoms with Crippen molar-refractivity contribution in [3.63, 3.8) is 0 Å². The van der Waals surface area contributed by atoms with E-state index in [1.807, 2.05) is 0 Å². The summed E-state index contributed by atoms with van der Waals surface area (Å²) < 4.78 is 76.8. The first-order valence-electron chi connectivity index (χ1n) is 9.69. The number of halogens is 5. The molecular weight excluding hydrogens is 463 g/mol. The zero-order valence-corrected chi connectivity index (χ0v) is 17.5. The van der Waals surface area contributed by atoms with E-state index in [2.05, 4.69) is 10.6 Å². The molecular formula is C23H17F5N2O4. The number of benzene rings is 3. The third-order valence-corrected chi connectivity index (χ3v) is 4.58. The van der Waals surface area contributed by atoms with E-state index >= 15 is 0 Å². The first-order valence-corrected chi connectivity index (χ1v) is 9.69. The number of ether oxygens (including phenoxy) is 2. The van der Waals surface area contributed by atoms with E-state index in [9.17, 15) is 31.5 Å². The number of amides is 2. The molecule has 0 heterocycles. The number of esters is 1. The topological polar surface area (TPSA) is 76.7 Å². The van der Waals surface area contributed by atoms with Crippen LogP contribution < -0.4 is 15.4 Å². The monoisotopic (exact) mass is 480 g/mol. The van der Waals surface area contributed by atoms with Crippen LogP contribution in [0, 0.1) is 29.1 Å². The molecule has 178 valence electrons. The average Bonchev–Trinajstić information content (AvgIpc) is 2.85. The fraction of sp³-hybridized carbons (Fsp3) is 0.130. The summed E-state index contributed by atoms with van der Waals surface area (Å²) in [6.07, 6.45) is 0.176. The molecule has 0 aliphatic carbocycles. The van der Waals surface area contributed by atoms with Crippen molar-refractivity contribution in [2.75, 3.05) is 12.4 Å². The number of carbonyl (C=O) groups excluding carboxylic acids is 2. The van der Waals surface area contributed by atoms with Crippen LogP contribution in [0.2, 0.25) is 0 Å². The molecule has 0 saturated carbocycles. The van der Waals surface area contributed by atoms with Gasteiger partial charge in [0.05, 0.1) is 7.11 Å². The fourth-order valence-corrected chi connectivity index (χ4v) is 2.91. The number of rotatable bonds is 7. The molecule has 2 amide bonds. The Bertz CT molecular complexity index is 1160. The van der Waals surface area contributed by atoms with Gasteiger partial charge in [0.25, 0.3) is 0 Å². The minimum Gasteiger partial charge on any atom is -0.467 e. The first-order chi connectivity index (χ1) is 16.2. The molecule has 0 unspecified atom stereocenters. The second-order valence-corrected chi connectivity index (χ2v) is 6.89. The van der Waals surface area contributed by atoms with E-state index in [1.54, 1.807) is 30.3 Å². The number of anilines is 1. The van der Waals surface area contributed by atoms with Gasteiger partial charge in [0.15, 0.2) is 0 Å². The van der Waals surface area contributed by atoms with Gasteiger partial charge in [-0.25, -0.2) is 22.8 Å². The molecule has 0 fully saturated rings. The van der Waals surface area contributed by atoms with Gasteiger partial charge in [-0.2, -0.15) is 8.78 Å². The summed E-state index contributed by atoms with van der Waals surface area (Å²) in [5, 5.41) is 4.92. The van der Waals surface area contributed by atoms with Crippen LogP contribution in [0.1, 0.15) is 5.56 Å². The molecule has 3 aromatic carbocycles. The molecule has 0 bridgehead atoms. The van der Waals surface area contributed by atoms with E-state index in [0.717, 1.165) is 17.7 Å². The first kappa shape index (κ1) is 24.5. The number of hydrogen-bond donors (Lipinski definition) is 2. The normalized spacial score (nSPS) is 11.5. The smallest absolute Gasteiger partial charge is 0.328 e. The molecule has 3 rings (SSSR count). The van der Waals surface area contributed by atoms with E-state index < -0.39 is 52.9 Å². The minimum atomic E-state index is -2.30. The second kappa shape index (κ2) is 10.6. The van der Waals surface area contributed by atoms with Crippen LogP contribution in [-0.4, -0.2) is 25.2 Å². The highest BCUT2D eigenvalue weighted by Crippen LogP contribution is 2.33. The predicted octanol–water partition coefficient (Wildman–Crippen LogP) is 5.08. The van der Waals surface area contributed by atoms with Gasteiger partial charge in [0.1, 0.15) is 11.8 Å². The summed E-state index contributed by atoms with van der Waals surface area (Å²) in [5.41, 5.74) is 0.971. The van der Waals surface area contributed by atoms with Crippen LogP contribution in [0.25, 0.3) is 0 Å². The number of hydrogen-bond acceptors (Lipinski definition) is 4. The average molecular weight is 480 g/mol. The maximum atomic E-state index is 13.8. The van der Waals surface area contributed by atoms with E-state index in [0.29, 0.717) is 0 Å². The van der Waals surface area contributed by atoms with Gasteiger partial charge in [0.2, 0.25) is 34.8 Å². The van der Waals surface area contributed by atoms with Gasteiger partial charge in [-0.3, -0.25) is 0 Å². The lowest BCUT2D eigenvalue weighted by molar-refractivity contribution is -0.142. The van der Waals surface area contributed by atoms with E-state index in [-0.39, 0.29) is 17.9 Å². The van der Waals surface area contributed by atoms with Crippen molar-refractivity contribution in [1.82, 2.24) is 5.32 Å². The highest BCUT2D eigenvalue weighted by molar-refractivity contribution is 5.92. The van der Waals surface area contributed by atoms with Crippen LogP contribution in [0.3, 0.4) is 0 Å². The van der Waals surface area contributed by atoms with Crippen molar-refractivity contribution < 1.29 is 41.0 Å². The largest absolute Gasteiger partial charge is 0.467 e. The molecule has 6 nitrogen and oxygen atoms in total. The molecule has 0 saturated heterocycles. The molecule has 34 heavy (non-hydrogen) atoms. The Morgan fingerprint density at radius 1 is 0.824 bits per heavy atom. The Hall–Kier alpha value is -4.15. The molecule has 0 spiro atoms. The van der Waals surface area contributed by atoms with Crippen molar-refractivity contribution in [1.29, 1.82) is 0 Å². The van der Waals surface area contributed by atoms with Crippen molar-refractivity contribution in [2.45, 2.75) is 12.5 Å². The number of methoxy groups -OCH3 is 1. The Morgan fingerprint density at radius 2 is 1.38 bits per heavy atom. The number of carbonyl (C=O) groups is 2. The molecule has 0 aliphatic heterocycles. The lowest BCUT2D eigenvalue weighted by Crippen LogP contribution is -2.45. The lowest BCUT2D eigenvalue weighted by atomic mass is 10.1. The summed E-state index contributed by atoms with van der Waals surface area (Å²) in [4.78, 5) is 24.4. The van der Waals surface area contributed by atoms with Gasteiger partial charge in [-0.1, -0.05) is 30.3 Å². The summed E-state index contributed by atoms with van der Waals surface area (Å²) in [7, 11) is 1.18. The molecule has 3 aromatic rings. The Labute approximate surface area is 190 Å². The van der Waals surface area contributed by atoms with Gasteiger partial charge in [0, 0.05) is 12.1 Å². The van der Waals surface area contributed by atoms with Crippen LogP contribution in [-0.2, 0) is 16.0 Å². The highest BCUT2D eigenvalue weighted by Gasteiger charge is 2.27. The zero-order chi connectivity index (χ0) is 24.8. The molecule has 11 heteroatoms. The quantitative estimate of drug-likeness (QED) is 0.214. The Kier molecular flexibility index (Phi) is 7.67. The van der Waals surface area contributed by atoms with Crippen LogP contribution >= 0.6 is 0 Å². The van der Waals surface area contributed by atoms with Gasteiger partial charge in [-0.05, 0) is 29.8 Å². The standard InChI is InChI=1S/C23H17F5N2O4/c1-33-22(31)15(11-12-5-3-2-4-6-12)30-23(32)29-13-7-9-14(10-8-13)34-21-19(27)17(25)16(24)18(26)20(21)28/h2-10,15H,11H2,1H3,(H2,29,30,32)/t15-/m1/s1. The summed E-state index contributed by atoms with van der Waals surface area (Å²) in [6, 6.07) is 12.0. The highest BCUT2D eigenvalue weighted by atomic mass is 19.2. The fourth-order valence-electron chi connectivity index (χ4n) is 2.91. The molecule has 1 atom stereocenters. The third-order valence-electron chi connectivity index (χ3n) is 4.58. The number of nitrogens with one attached hydrogen (secondary N) is 2. The lowest BCUT2D eigenvalue weighted by Gasteiger charge is -2.17. The summed E-state index contributed by atoms with van der Waals surface area (Å²) in [6.45, 7) is 0. The predicted molar refractivity (Wildman–Crippen MR) is 111 cm³/mol. The van der Waals surface area contributed by atoms with Gasteiger partial charge in [-0.15, -0.1) is 0 Å². The van der Waals surface area contributed by atoms with E-state index in [4.69, 9.17) is 9.47 Å². The van der Waals surface area contributed by atoms with Crippen molar-refractivity contribution in [3.05, 3.63) is 89.2 Å². The summed E-state index contributed by atoms with van der Waals surface area (Å²) in [5.74, 6) is -13.2. The number of urea groups is 1. The SMILES string of the molecule is COC(=O)[C@@H](Cc1ccccc1)NC(=O)Nc1ccc(Oc2c(F)c(F)c(F)c(F)c2F)cc1. The Morgan fingerprint density at radius 3 is 1.94 bits per heavy atom. The maximum absolute atomic E-state index is 13.8. The Balaban J connectivity index is 1.67. The van der Waals surface area contributed by atoms with Gasteiger partial charge >= 0.3 is 12.0 Å².